The van der Waals surface area contributed by atoms with Gasteiger partial charge in [0.15, 0.2) is 0 Å². The molecule has 9 heteroatoms. The lowest BCUT2D eigenvalue weighted by Crippen LogP contribution is -2.67. The molecule has 0 unspecified atom stereocenters. The highest BCUT2D eigenvalue weighted by atomic mass is 16.5. The second-order valence-electron chi connectivity index (χ2n) is 18.6. The maximum atomic E-state index is 13.4. The molecule has 7 rings (SSSR count). The van der Waals surface area contributed by atoms with Gasteiger partial charge in [0, 0.05) is 11.0 Å². The Kier molecular flexibility index (Phi) is 9.09. The summed E-state index contributed by atoms with van der Waals surface area (Å²) in [6.07, 6.45) is 11.4. The molecule has 1 N–H and O–H groups in total. The van der Waals surface area contributed by atoms with Crippen molar-refractivity contribution in [2.75, 3.05) is 6.61 Å². The predicted octanol–water partition coefficient (Wildman–Crippen LogP) is 8.78. The number of benzene rings is 1. The van der Waals surface area contributed by atoms with Crippen LogP contribution in [0.1, 0.15) is 123 Å². The topological polar surface area (TPSA) is 121 Å². The summed E-state index contributed by atoms with van der Waals surface area (Å²) in [6.45, 7) is 20.9. The van der Waals surface area contributed by atoms with Crippen molar-refractivity contribution < 1.29 is 29.0 Å². The van der Waals surface area contributed by atoms with Gasteiger partial charge < -0.3 is 14.6 Å². The van der Waals surface area contributed by atoms with E-state index in [9.17, 15) is 19.5 Å². The van der Waals surface area contributed by atoms with Crippen molar-refractivity contribution in [3.8, 4) is 11.3 Å². The number of hydrogen-bond donors (Lipinski definition) is 1. The number of nitrogens with zero attached hydrogens (tertiary/aromatic N) is 3. The SMILES string of the molecule is C=C(C)[C@@H]1CC[C@]2(C(=O)O)CC[C@]3(C)[C@H](CC[C@@H]4[C@@]5(C)CC[C@H](OC(=O)Cn6cc(-c7ccc(C(=O)OCC)cc7)nn6)C(C)(C)[C@@H]5CC[C@]43C)[C@@H]12. The van der Waals surface area contributed by atoms with Gasteiger partial charge in [0.2, 0.25) is 0 Å². The van der Waals surface area contributed by atoms with Crippen LogP contribution in [0, 0.1) is 56.7 Å². The number of ether oxygens (including phenoxy) is 2. The van der Waals surface area contributed by atoms with Crippen molar-refractivity contribution in [3.05, 3.63) is 48.2 Å². The molecule has 0 aliphatic heterocycles. The smallest absolute Gasteiger partial charge is 0.338 e. The summed E-state index contributed by atoms with van der Waals surface area (Å²) in [6, 6.07) is 7.00. The van der Waals surface area contributed by atoms with Crippen LogP contribution in [0.2, 0.25) is 0 Å². The Bertz CT molecular complexity index is 1750. The molecular formula is C43H59N3O6. The summed E-state index contributed by atoms with van der Waals surface area (Å²) >= 11 is 0. The Balaban J connectivity index is 1.05. The molecule has 0 saturated heterocycles. The highest BCUT2D eigenvalue weighted by Crippen LogP contribution is 2.77. The largest absolute Gasteiger partial charge is 0.481 e. The lowest BCUT2D eigenvalue weighted by Gasteiger charge is -2.72. The number of carbonyl (C=O) groups excluding carboxylic acids is 2. The first kappa shape index (κ1) is 36.9. The van der Waals surface area contributed by atoms with Gasteiger partial charge in [0.25, 0.3) is 0 Å². The first-order chi connectivity index (χ1) is 24.5. The second-order valence-corrected chi connectivity index (χ2v) is 18.6. The van der Waals surface area contributed by atoms with Gasteiger partial charge in [-0.15, -0.1) is 5.10 Å². The van der Waals surface area contributed by atoms with Gasteiger partial charge in [-0.05, 0) is 136 Å². The lowest BCUT2D eigenvalue weighted by atomic mass is 9.32. The number of allylic oxidation sites excluding steroid dienone is 1. The van der Waals surface area contributed by atoms with Crippen LogP contribution in [0.5, 0.6) is 0 Å². The van der Waals surface area contributed by atoms with E-state index in [1.165, 1.54) is 10.3 Å². The van der Waals surface area contributed by atoms with Gasteiger partial charge in [-0.25, -0.2) is 9.48 Å². The molecule has 0 spiro atoms. The first-order valence-electron chi connectivity index (χ1n) is 19.8. The molecule has 0 radical (unpaired) electrons. The van der Waals surface area contributed by atoms with E-state index in [0.29, 0.717) is 41.5 Å². The van der Waals surface area contributed by atoms with Gasteiger partial charge in [0.05, 0.1) is 23.8 Å². The summed E-state index contributed by atoms with van der Waals surface area (Å²) in [5.74, 6) is 0.571. The number of fused-ring (bicyclic) bond motifs is 7. The number of rotatable bonds is 8. The fourth-order valence-electron chi connectivity index (χ4n) is 13.5. The molecule has 1 aromatic carbocycles. The van der Waals surface area contributed by atoms with Gasteiger partial charge in [-0.1, -0.05) is 64.1 Å². The van der Waals surface area contributed by atoms with Crippen LogP contribution in [0.3, 0.4) is 0 Å². The molecule has 52 heavy (non-hydrogen) atoms. The summed E-state index contributed by atoms with van der Waals surface area (Å²) < 4.78 is 12.9. The van der Waals surface area contributed by atoms with E-state index in [4.69, 9.17) is 9.47 Å². The van der Waals surface area contributed by atoms with Crippen LogP contribution in [-0.4, -0.2) is 50.7 Å². The van der Waals surface area contributed by atoms with Crippen LogP contribution in [0.4, 0.5) is 0 Å². The molecule has 0 bridgehead atoms. The van der Waals surface area contributed by atoms with E-state index >= 15 is 0 Å². The highest BCUT2D eigenvalue weighted by molar-refractivity contribution is 5.90. The first-order valence-corrected chi connectivity index (χ1v) is 19.8. The Morgan fingerprint density at radius 3 is 2.31 bits per heavy atom. The average Bonchev–Trinajstić information content (AvgIpc) is 3.72. The molecule has 1 heterocycles. The lowest BCUT2D eigenvalue weighted by molar-refractivity contribution is -0.250. The number of carboxylic acids is 1. The number of carbonyl (C=O) groups is 3. The maximum absolute atomic E-state index is 13.4. The van der Waals surface area contributed by atoms with E-state index in [-0.39, 0.29) is 52.2 Å². The molecule has 5 fully saturated rings. The molecule has 10 atom stereocenters. The second kappa shape index (κ2) is 12.8. The minimum absolute atomic E-state index is 0.0208. The van der Waals surface area contributed by atoms with Gasteiger partial charge >= 0.3 is 17.9 Å². The number of carboxylic acid groups (broad SMARTS) is 1. The molecule has 2 aromatic rings. The Morgan fingerprint density at radius 2 is 1.63 bits per heavy atom. The monoisotopic (exact) mass is 713 g/mol. The van der Waals surface area contributed by atoms with Crippen LogP contribution in [0.25, 0.3) is 11.3 Å². The highest BCUT2D eigenvalue weighted by Gasteiger charge is 2.72. The van der Waals surface area contributed by atoms with Crippen LogP contribution >= 0.6 is 0 Å². The summed E-state index contributed by atoms with van der Waals surface area (Å²) in [5.41, 5.74) is 2.56. The number of aromatic nitrogens is 3. The quantitative estimate of drug-likeness (QED) is 0.213. The number of hydrogen-bond acceptors (Lipinski definition) is 7. The van der Waals surface area contributed by atoms with Crippen molar-refractivity contribution >= 4 is 17.9 Å². The number of aliphatic carboxylic acids is 1. The summed E-state index contributed by atoms with van der Waals surface area (Å²) in [7, 11) is 0. The summed E-state index contributed by atoms with van der Waals surface area (Å²) in [4.78, 5) is 38.5. The van der Waals surface area contributed by atoms with Gasteiger partial charge in [0.1, 0.15) is 18.3 Å². The van der Waals surface area contributed by atoms with Crippen molar-refractivity contribution in [2.45, 2.75) is 125 Å². The third kappa shape index (κ3) is 5.40. The Morgan fingerprint density at radius 1 is 0.904 bits per heavy atom. The van der Waals surface area contributed by atoms with Gasteiger partial charge in [-0.2, -0.15) is 0 Å². The van der Waals surface area contributed by atoms with Crippen molar-refractivity contribution in [2.24, 2.45) is 56.7 Å². The molecule has 9 nitrogen and oxygen atoms in total. The third-order valence-corrected chi connectivity index (χ3v) is 16.2. The Labute approximate surface area is 309 Å². The third-order valence-electron chi connectivity index (χ3n) is 16.2. The fraction of sp³-hybridized carbons (Fsp3) is 0.698. The summed E-state index contributed by atoms with van der Waals surface area (Å²) in [5, 5.41) is 19.2. The van der Waals surface area contributed by atoms with Crippen LogP contribution in [0.15, 0.2) is 42.6 Å². The van der Waals surface area contributed by atoms with E-state index in [2.05, 4.69) is 58.4 Å². The van der Waals surface area contributed by atoms with E-state index in [0.717, 1.165) is 69.8 Å². The predicted molar refractivity (Wildman–Crippen MR) is 198 cm³/mol. The van der Waals surface area contributed by atoms with Gasteiger partial charge in [-0.3, -0.25) is 9.59 Å². The zero-order valence-corrected chi connectivity index (χ0v) is 32.4. The zero-order valence-electron chi connectivity index (χ0n) is 32.4. The fourth-order valence-corrected chi connectivity index (χ4v) is 13.5. The molecular weight excluding hydrogens is 654 g/mol. The van der Waals surface area contributed by atoms with Crippen LogP contribution in [-0.2, 0) is 25.6 Å². The molecule has 1 aromatic heterocycles. The van der Waals surface area contributed by atoms with E-state index < -0.39 is 11.4 Å². The van der Waals surface area contributed by atoms with Crippen LogP contribution < -0.4 is 0 Å². The molecule has 282 valence electrons. The molecule has 5 aliphatic carbocycles. The standard InChI is InChI=1S/C43H59N3O6/c1-9-51-37(48)28-12-10-27(11-13-28)31-24-46(45-44-31)25-35(47)52-34-18-19-40(6)32(39(34,4)5)17-20-42(8)33(40)15-14-30-36-29(26(2)3)16-21-43(36,38(49)50)23-22-41(30,42)7/h10-13,24,29-30,32-34,36H,2,9,14-23,25H2,1,3-8H3,(H,49,50)/t29-,30+,32-,33+,34-,36+,40-,41+,42+,43-/m0/s1. The van der Waals surface area contributed by atoms with E-state index in [1.54, 1.807) is 37.4 Å². The normalized spacial score (nSPS) is 38.9. The number of esters is 2. The van der Waals surface area contributed by atoms with Crippen molar-refractivity contribution in [1.82, 2.24) is 15.0 Å². The molecule has 5 saturated carbocycles. The van der Waals surface area contributed by atoms with Crippen molar-refractivity contribution in [1.29, 1.82) is 0 Å². The van der Waals surface area contributed by atoms with Crippen molar-refractivity contribution in [3.63, 3.8) is 0 Å². The minimum atomic E-state index is -0.604. The Hall–Kier alpha value is -3.49. The zero-order chi connectivity index (χ0) is 37.4. The average molecular weight is 714 g/mol. The molecule has 0 amide bonds. The maximum Gasteiger partial charge on any atom is 0.338 e. The van der Waals surface area contributed by atoms with E-state index in [1.807, 2.05) is 0 Å². The molecule has 5 aliphatic rings. The minimum Gasteiger partial charge on any atom is -0.481 e.